The second-order valence-corrected chi connectivity index (χ2v) is 9.30. The van der Waals surface area contributed by atoms with E-state index in [1.54, 1.807) is 0 Å². The highest BCUT2D eigenvalue weighted by Gasteiger charge is 2.29. The molecule has 2 aliphatic carbocycles. The molecule has 1 atom stereocenters. The van der Waals surface area contributed by atoms with Crippen molar-refractivity contribution in [2.45, 2.75) is 90.4 Å². The molecule has 3 rings (SSSR count). The molecule has 2 fully saturated rings. The van der Waals surface area contributed by atoms with Gasteiger partial charge in [0.2, 0.25) is 0 Å². The molecule has 1 aromatic carbocycles. The van der Waals surface area contributed by atoms with Crippen LogP contribution in [-0.2, 0) is 0 Å². The van der Waals surface area contributed by atoms with Gasteiger partial charge >= 0.3 is 0 Å². The summed E-state index contributed by atoms with van der Waals surface area (Å²) >= 11 is 0. The van der Waals surface area contributed by atoms with Crippen molar-refractivity contribution in [3.63, 3.8) is 0 Å². The Balaban J connectivity index is 1.46. The second-order valence-electron chi connectivity index (χ2n) is 9.30. The van der Waals surface area contributed by atoms with Crippen LogP contribution in [-0.4, -0.2) is 0 Å². The molecule has 0 N–H and O–H groups in total. The van der Waals surface area contributed by atoms with Crippen LogP contribution in [0.2, 0.25) is 0 Å². The Kier molecular flexibility index (Phi) is 7.28. The highest BCUT2D eigenvalue weighted by atomic mass is 19.2. The number of hydrogen-bond acceptors (Lipinski definition) is 0. The van der Waals surface area contributed by atoms with E-state index in [-0.39, 0.29) is 5.92 Å². The van der Waals surface area contributed by atoms with Crippen molar-refractivity contribution in [3.05, 3.63) is 35.1 Å². The van der Waals surface area contributed by atoms with Gasteiger partial charge in [0, 0.05) is 0 Å². The summed E-state index contributed by atoms with van der Waals surface area (Å²) in [5, 5.41) is 0. The lowest BCUT2D eigenvalue weighted by molar-refractivity contribution is 0.169. The van der Waals surface area contributed by atoms with Crippen LogP contribution in [0, 0.1) is 41.1 Å². The van der Waals surface area contributed by atoms with Gasteiger partial charge in [-0.3, -0.25) is 0 Å². The van der Waals surface area contributed by atoms with E-state index in [0.29, 0.717) is 5.56 Å². The Bertz CT molecular complexity index is 573. The topological polar surface area (TPSA) is 0 Å². The average molecular weight is 381 g/mol. The molecule has 1 unspecified atom stereocenters. The van der Waals surface area contributed by atoms with E-state index >= 15 is 0 Å². The quantitative estimate of drug-likeness (QED) is 0.438. The molecule has 0 aliphatic heterocycles. The zero-order valence-corrected chi connectivity index (χ0v) is 17.0. The fourth-order valence-corrected chi connectivity index (χ4v) is 5.71. The number of rotatable bonds is 6. The second kappa shape index (κ2) is 9.47. The summed E-state index contributed by atoms with van der Waals surface area (Å²) in [7, 11) is 0. The fourth-order valence-electron chi connectivity index (χ4n) is 5.71. The summed E-state index contributed by atoms with van der Waals surface area (Å²) in [6, 6.07) is 2.39. The molecule has 0 amide bonds. The molecule has 152 valence electrons. The molecule has 3 heteroatoms. The lowest BCUT2D eigenvalue weighted by Crippen LogP contribution is -2.23. The molecule has 2 aliphatic rings. The van der Waals surface area contributed by atoms with Gasteiger partial charge in [0.25, 0.3) is 0 Å². The van der Waals surface area contributed by atoms with Gasteiger partial charge < -0.3 is 0 Å². The van der Waals surface area contributed by atoms with Gasteiger partial charge in [0.15, 0.2) is 17.5 Å². The molecular formula is C24H35F3. The smallest absolute Gasteiger partial charge is 0.194 e. The van der Waals surface area contributed by atoms with E-state index < -0.39 is 17.5 Å². The molecule has 0 saturated heterocycles. The van der Waals surface area contributed by atoms with Crippen LogP contribution in [0.5, 0.6) is 0 Å². The van der Waals surface area contributed by atoms with Crippen molar-refractivity contribution in [1.29, 1.82) is 0 Å². The van der Waals surface area contributed by atoms with Crippen molar-refractivity contribution < 1.29 is 13.2 Å². The molecular weight excluding hydrogens is 345 g/mol. The molecule has 0 spiro atoms. The third-order valence-electron chi connectivity index (χ3n) is 7.42. The van der Waals surface area contributed by atoms with E-state index in [1.807, 2.05) is 0 Å². The van der Waals surface area contributed by atoms with Crippen molar-refractivity contribution in [2.24, 2.45) is 23.7 Å². The number of halogens is 3. The Morgan fingerprint density at radius 3 is 1.96 bits per heavy atom. The Labute approximate surface area is 162 Å². The summed E-state index contributed by atoms with van der Waals surface area (Å²) in [5.41, 5.74) is 0.632. The Hall–Kier alpha value is -0.990. The van der Waals surface area contributed by atoms with E-state index in [0.717, 1.165) is 49.4 Å². The maximum atomic E-state index is 13.5. The molecule has 0 nitrogen and oxygen atoms in total. The van der Waals surface area contributed by atoms with E-state index in [1.165, 1.54) is 57.1 Å². The third-order valence-corrected chi connectivity index (χ3v) is 7.42. The van der Waals surface area contributed by atoms with E-state index in [9.17, 15) is 13.2 Å². The predicted octanol–water partition coefficient (Wildman–Crippen LogP) is 8.01. The van der Waals surface area contributed by atoms with Gasteiger partial charge in [-0.25, -0.2) is 13.2 Å². The van der Waals surface area contributed by atoms with Crippen molar-refractivity contribution in [3.8, 4) is 0 Å². The Morgan fingerprint density at radius 1 is 0.852 bits per heavy atom. The van der Waals surface area contributed by atoms with Gasteiger partial charge in [-0.05, 0) is 92.2 Å². The predicted molar refractivity (Wildman–Crippen MR) is 105 cm³/mol. The van der Waals surface area contributed by atoms with Crippen LogP contribution < -0.4 is 0 Å². The largest absolute Gasteiger partial charge is 0.204 e. The maximum Gasteiger partial charge on any atom is 0.194 e. The minimum absolute atomic E-state index is 0.172. The lowest BCUT2D eigenvalue weighted by atomic mass is 9.70. The minimum atomic E-state index is -1.35. The molecule has 2 saturated carbocycles. The maximum absolute atomic E-state index is 13.5. The SMILES string of the molecule is CCCC1CCC(C(C)CC2CCC(c3cc(F)c(F)c(F)c3)CC2)CC1. The van der Waals surface area contributed by atoms with Crippen LogP contribution in [0.4, 0.5) is 13.2 Å². The standard InChI is InChI=1S/C24H35F3/c1-3-4-17-5-9-19(10-6-17)16(2)13-18-7-11-20(12-8-18)21-14-22(25)24(27)23(26)15-21/h14-20H,3-13H2,1-2H3. The molecule has 1 aromatic rings. The first-order valence-electron chi connectivity index (χ1n) is 11.1. The molecule has 27 heavy (non-hydrogen) atoms. The van der Waals surface area contributed by atoms with Gasteiger partial charge in [0.1, 0.15) is 0 Å². The lowest BCUT2D eigenvalue weighted by Gasteiger charge is -2.36. The van der Waals surface area contributed by atoms with Crippen LogP contribution in [0.1, 0.15) is 96.0 Å². The highest BCUT2D eigenvalue weighted by molar-refractivity contribution is 5.23. The normalized spacial score (nSPS) is 30.3. The van der Waals surface area contributed by atoms with Gasteiger partial charge in [-0.15, -0.1) is 0 Å². The zero-order chi connectivity index (χ0) is 19.4. The molecule has 0 heterocycles. The van der Waals surface area contributed by atoms with Crippen LogP contribution in [0.25, 0.3) is 0 Å². The number of hydrogen-bond donors (Lipinski definition) is 0. The summed E-state index contributed by atoms with van der Waals surface area (Å²) in [6.07, 6.45) is 13.8. The minimum Gasteiger partial charge on any atom is -0.204 e. The van der Waals surface area contributed by atoms with Crippen molar-refractivity contribution in [1.82, 2.24) is 0 Å². The van der Waals surface area contributed by atoms with Crippen LogP contribution in [0.3, 0.4) is 0 Å². The van der Waals surface area contributed by atoms with E-state index in [4.69, 9.17) is 0 Å². The zero-order valence-electron chi connectivity index (χ0n) is 17.0. The van der Waals surface area contributed by atoms with Gasteiger partial charge in [-0.1, -0.05) is 39.5 Å². The average Bonchev–Trinajstić information content (AvgIpc) is 2.67. The first kappa shape index (κ1) is 20.7. The summed E-state index contributed by atoms with van der Waals surface area (Å²) in [5.74, 6) is 0.0792. The third kappa shape index (κ3) is 5.29. The monoisotopic (exact) mass is 380 g/mol. The van der Waals surface area contributed by atoms with Crippen molar-refractivity contribution >= 4 is 0 Å². The Morgan fingerprint density at radius 2 is 1.41 bits per heavy atom. The molecule has 0 bridgehead atoms. The molecule has 0 radical (unpaired) electrons. The van der Waals surface area contributed by atoms with E-state index in [2.05, 4.69) is 13.8 Å². The van der Waals surface area contributed by atoms with Crippen LogP contribution in [0.15, 0.2) is 12.1 Å². The first-order valence-corrected chi connectivity index (χ1v) is 11.1. The van der Waals surface area contributed by atoms with Crippen molar-refractivity contribution in [2.75, 3.05) is 0 Å². The summed E-state index contributed by atoms with van der Waals surface area (Å²) in [4.78, 5) is 0. The van der Waals surface area contributed by atoms with Crippen LogP contribution >= 0.6 is 0 Å². The summed E-state index contributed by atoms with van der Waals surface area (Å²) < 4.78 is 40.2. The summed E-state index contributed by atoms with van der Waals surface area (Å²) in [6.45, 7) is 4.72. The highest BCUT2D eigenvalue weighted by Crippen LogP contribution is 2.42. The van der Waals surface area contributed by atoms with Gasteiger partial charge in [0.05, 0.1) is 0 Å². The fraction of sp³-hybridized carbons (Fsp3) is 0.750. The first-order chi connectivity index (χ1) is 13.0. The molecule has 0 aromatic heterocycles. The number of benzene rings is 1. The van der Waals surface area contributed by atoms with Gasteiger partial charge in [-0.2, -0.15) is 0 Å².